The van der Waals surface area contributed by atoms with Gasteiger partial charge in [0.25, 0.3) is 5.91 Å². The van der Waals surface area contributed by atoms with Gasteiger partial charge in [0.1, 0.15) is 5.82 Å². The van der Waals surface area contributed by atoms with Crippen LogP contribution in [-0.4, -0.2) is 10.9 Å². The smallest absolute Gasteiger partial charge is 0.256 e. The number of amides is 1. The fourth-order valence-corrected chi connectivity index (χ4v) is 1.81. The largest absolute Gasteiger partial charge is 0.396 e. The number of carbonyl (C=O) groups is 1. The first-order valence-electron chi connectivity index (χ1n) is 5.04. The van der Waals surface area contributed by atoms with E-state index in [1.165, 1.54) is 24.5 Å². The second-order valence-electron chi connectivity index (χ2n) is 3.54. The van der Waals surface area contributed by atoms with Crippen molar-refractivity contribution in [3.8, 4) is 0 Å². The van der Waals surface area contributed by atoms with E-state index in [9.17, 15) is 9.18 Å². The molecule has 2 rings (SSSR count). The number of nitrogens with zero attached hydrogens (tertiary/aromatic N) is 1. The molecular weight excluding hydrogens is 301 g/mol. The minimum Gasteiger partial charge on any atom is -0.396 e. The molecule has 0 spiro atoms. The quantitative estimate of drug-likeness (QED) is 0.896. The van der Waals surface area contributed by atoms with Crippen molar-refractivity contribution in [1.82, 2.24) is 4.98 Å². The van der Waals surface area contributed by atoms with E-state index in [2.05, 4.69) is 26.2 Å². The van der Waals surface area contributed by atoms with Crippen LogP contribution in [0.4, 0.5) is 15.8 Å². The van der Waals surface area contributed by atoms with Crippen molar-refractivity contribution in [2.75, 3.05) is 11.1 Å². The van der Waals surface area contributed by atoms with E-state index in [0.717, 1.165) is 6.07 Å². The predicted octanol–water partition coefficient (Wildman–Crippen LogP) is 2.82. The Balaban J connectivity index is 2.28. The van der Waals surface area contributed by atoms with Gasteiger partial charge in [-0.05, 0) is 40.2 Å². The van der Waals surface area contributed by atoms with Crippen molar-refractivity contribution >= 4 is 33.2 Å². The SMILES string of the molecule is Nc1cnccc1NC(=O)c1cc(F)ccc1Br. The zero-order chi connectivity index (χ0) is 13.1. The predicted molar refractivity (Wildman–Crippen MR) is 70.7 cm³/mol. The third-order valence-electron chi connectivity index (χ3n) is 2.27. The summed E-state index contributed by atoms with van der Waals surface area (Å²) in [7, 11) is 0. The molecule has 1 aromatic carbocycles. The summed E-state index contributed by atoms with van der Waals surface area (Å²) in [6, 6.07) is 5.46. The maximum absolute atomic E-state index is 13.1. The molecular formula is C12H9BrFN3O. The Hall–Kier alpha value is -1.95. The molecule has 0 unspecified atom stereocenters. The zero-order valence-corrected chi connectivity index (χ0v) is 10.7. The molecule has 92 valence electrons. The average Bonchev–Trinajstić information content (AvgIpc) is 2.35. The van der Waals surface area contributed by atoms with Crippen LogP contribution in [0.15, 0.2) is 41.1 Å². The summed E-state index contributed by atoms with van der Waals surface area (Å²) in [6.45, 7) is 0. The molecule has 0 aliphatic heterocycles. The van der Waals surface area contributed by atoms with Gasteiger partial charge < -0.3 is 11.1 Å². The lowest BCUT2D eigenvalue weighted by molar-refractivity contribution is 0.102. The third kappa shape index (κ3) is 2.65. The van der Waals surface area contributed by atoms with Gasteiger partial charge in [-0.2, -0.15) is 0 Å². The number of hydrogen-bond donors (Lipinski definition) is 2. The van der Waals surface area contributed by atoms with Crippen LogP contribution >= 0.6 is 15.9 Å². The number of rotatable bonds is 2. The molecule has 0 radical (unpaired) electrons. The second kappa shape index (κ2) is 5.14. The van der Waals surface area contributed by atoms with E-state index in [0.29, 0.717) is 15.8 Å². The highest BCUT2D eigenvalue weighted by molar-refractivity contribution is 9.10. The molecule has 0 saturated carbocycles. The van der Waals surface area contributed by atoms with Gasteiger partial charge in [0.15, 0.2) is 0 Å². The van der Waals surface area contributed by atoms with Crippen LogP contribution in [0.2, 0.25) is 0 Å². The van der Waals surface area contributed by atoms with Gasteiger partial charge in [-0.1, -0.05) is 0 Å². The Bertz CT molecular complexity index is 604. The maximum atomic E-state index is 13.1. The maximum Gasteiger partial charge on any atom is 0.256 e. The molecule has 0 fully saturated rings. The summed E-state index contributed by atoms with van der Waals surface area (Å²) in [5.41, 5.74) is 6.63. The number of nitrogens with two attached hydrogens (primary N) is 1. The Morgan fingerprint density at radius 1 is 1.39 bits per heavy atom. The highest BCUT2D eigenvalue weighted by Gasteiger charge is 2.12. The van der Waals surface area contributed by atoms with E-state index in [-0.39, 0.29) is 5.56 Å². The molecule has 1 aromatic heterocycles. The van der Waals surface area contributed by atoms with Crippen LogP contribution in [0.5, 0.6) is 0 Å². The molecule has 0 bridgehead atoms. The van der Waals surface area contributed by atoms with E-state index in [1.807, 2.05) is 0 Å². The Morgan fingerprint density at radius 3 is 2.89 bits per heavy atom. The lowest BCUT2D eigenvalue weighted by Gasteiger charge is -2.08. The van der Waals surface area contributed by atoms with Crippen molar-refractivity contribution in [1.29, 1.82) is 0 Å². The molecule has 0 atom stereocenters. The highest BCUT2D eigenvalue weighted by atomic mass is 79.9. The normalized spacial score (nSPS) is 10.1. The molecule has 6 heteroatoms. The summed E-state index contributed by atoms with van der Waals surface area (Å²) in [5, 5.41) is 2.59. The number of nitrogens with one attached hydrogen (secondary N) is 1. The van der Waals surface area contributed by atoms with Crippen LogP contribution in [0.25, 0.3) is 0 Å². The van der Waals surface area contributed by atoms with Gasteiger partial charge in [0.2, 0.25) is 0 Å². The molecule has 0 aliphatic rings. The van der Waals surface area contributed by atoms with Gasteiger partial charge in [0.05, 0.1) is 23.1 Å². The first-order valence-corrected chi connectivity index (χ1v) is 5.83. The summed E-state index contributed by atoms with van der Waals surface area (Å²) in [6.07, 6.45) is 2.93. The van der Waals surface area contributed by atoms with Crippen molar-refractivity contribution in [2.45, 2.75) is 0 Å². The summed E-state index contributed by atoms with van der Waals surface area (Å²) in [5.74, 6) is -0.926. The van der Waals surface area contributed by atoms with Gasteiger partial charge in [-0.3, -0.25) is 9.78 Å². The molecule has 1 heterocycles. The van der Waals surface area contributed by atoms with Gasteiger partial charge in [-0.15, -0.1) is 0 Å². The van der Waals surface area contributed by atoms with Crippen molar-refractivity contribution in [3.05, 3.63) is 52.5 Å². The molecule has 2 aromatic rings. The average molecular weight is 310 g/mol. The number of hydrogen-bond acceptors (Lipinski definition) is 3. The molecule has 4 nitrogen and oxygen atoms in total. The van der Waals surface area contributed by atoms with Crippen LogP contribution in [-0.2, 0) is 0 Å². The number of aromatic nitrogens is 1. The Kier molecular flexibility index (Phi) is 3.57. The molecule has 1 amide bonds. The van der Waals surface area contributed by atoms with E-state index in [4.69, 9.17) is 5.73 Å². The van der Waals surface area contributed by atoms with Crippen LogP contribution in [0.1, 0.15) is 10.4 Å². The second-order valence-corrected chi connectivity index (χ2v) is 4.40. The third-order valence-corrected chi connectivity index (χ3v) is 2.96. The summed E-state index contributed by atoms with van der Waals surface area (Å²) in [4.78, 5) is 15.8. The number of carbonyl (C=O) groups excluding carboxylic acids is 1. The fourth-order valence-electron chi connectivity index (χ4n) is 1.38. The van der Waals surface area contributed by atoms with E-state index in [1.54, 1.807) is 6.07 Å². The van der Waals surface area contributed by atoms with Crippen molar-refractivity contribution < 1.29 is 9.18 Å². The zero-order valence-electron chi connectivity index (χ0n) is 9.15. The van der Waals surface area contributed by atoms with Crippen molar-refractivity contribution in [3.63, 3.8) is 0 Å². The van der Waals surface area contributed by atoms with Crippen molar-refractivity contribution in [2.24, 2.45) is 0 Å². The van der Waals surface area contributed by atoms with Gasteiger partial charge >= 0.3 is 0 Å². The lowest BCUT2D eigenvalue weighted by atomic mass is 10.2. The fraction of sp³-hybridized carbons (Fsp3) is 0. The standard InChI is InChI=1S/C12H9BrFN3O/c13-9-2-1-7(14)5-8(9)12(18)17-11-3-4-16-6-10(11)15/h1-6H,15H2,(H,16,17,18). The van der Waals surface area contributed by atoms with Crippen LogP contribution < -0.4 is 11.1 Å². The minimum atomic E-state index is -0.481. The monoisotopic (exact) mass is 309 g/mol. The summed E-state index contributed by atoms with van der Waals surface area (Å²) < 4.78 is 13.6. The first kappa shape index (κ1) is 12.5. The molecule has 3 N–H and O–H groups in total. The number of pyridine rings is 1. The Labute approximate surface area is 111 Å². The first-order chi connectivity index (χ1) is 8.58. The molecule has 0 saturated heterocycles. The Morgan fingerprint density at radius 2 is 2.17 bits per heavy atom. The van der Waals surface area contributed by atoms with Crippen LogP contribution in [0.3, 0.4) is 0 Å². The van der Waals surface area contributed by atoms with Crippen LogP contribution in [0, 0.1) is 5.82 Å². The number of halogens is 2. The molecule has 0 aliphatic carbocycles. The number of nitrogen functional groups attached to an aromatic ring is 1. The van der Waals surface area contributed by atoms with E-state index < -0.39 is 11.7 Å². The van der Waals surface area contributed by atoms with Gasteiger partial charge in [-0.25, -0.2) is 4.39 Å². The summed E-state index contributed by atoms with van der Waals surface area (Å²) >= 11 is 3.19. The topological polar surface area (TPSA) is 68.0 Å². The van der Waals surface area contributed by atoms with Gasteiger partial charge in [0, 0.05) is 10.7 Å². The lowest BCUT2D eigenvalue weighted by Crippen LogP contribution is -2.14. The molecule has 18 heavy (non-hydrogen) atoms. The van der Waals surface area contributed by atoms with E-state index >= 15 is 0 Å². The minimum absolute atomic E-state index is 0.200. The number of benzene rings is 1. The highest BCUT2D eigenvalue weighted by Crippen LogP contribution is 2.21. The number of anilines is 2.